The summed E-state index contributed by atoms with van der Waals surface area (Å²) in [5.41, 5.74) is 3.60. The third kappa shape index (κ3) is 3.41. The van der Waals surface area contributed by atoms with Crippen LogP contribution in [0.4, 0.5) is 5.95 Å². The normalized spacial score (nSPS) is 11.7. The second kappa shape index (κ2) is 6.64. The summed E-state index contributed by atoms with van der Waals surface area (Å²) in [6.45, 7) is 5.33. The molecule has 0 saturated carbocycles. The molecule has 1 N–H and O–H groups in total. The van der Waals surface area contributed by atoms with Gasteiger partial charge in [-0.25, -0.2) is 24.2 Å². The summed E-state index contributed by atoms with van der Waals surface area (Å²) in [5.74, 6) is 0.173. The maximum absolute atomic E-state index is 12.7. The van der Waals surface area contributed by atoms with E-state index < -0.39 is 15.2 Å². The van der Waals surface area contributed by atoms with Gasteiger partial charge in [-0.15, -0.1) is 5.10 Å². The Morgan fingerprint density at radius 2 is 1.57 bits per heavy atom. The lowest BCUT2D eigenvalue weighted by atomic mass is 10.1. The van der Waals surface area contributed by atoms with E-state index in [1.165, 1.54) is 4.52 Å². The molecule has 4 aromatic rings. The molecule has 3 heterocycles. The summed E-state index contributed by atoms with van der Waals surface area (Å²) in [4.78, 5) is 16.7. The lowest BCUT2D eigenvalue weighted by Gasteiger charge is -2.04. The fraction of sp³-hybridized carbons (Fsp3) is 0.167. The molecule has 0 spiro atoms. The van der Waals surface area contributed by atoms with Crippen LogP contribution in [-0.4, -0.2) is 38.0 Å². The molecule has 0 aliphatic rings. The third-order valence-corrected chi connectivity index (χ3v) is 5.09. The van der Waals surface area contributed by atoms with Crippen molar-refractivity contribution < 1.29 is 8.42 Å². The molecule has 0 radical (unpaired) electrons. The minimum Gasteiger partial charge on any atom is -0.244 e. The first kappa shape index (κ1) is 18.0. The van der Waals surface area contributed by atoms with Crippen LogP contribution in [0.2, 0.25) is 0 Å². The van der Waals surface area contributed by atoms with Crippen molar-refractivity contribution in [1.82, 2.24) is 29.5 Å². The predicted molar refractivity (Wildman–Crippen MR) is 103 cm³/mol. The molecule has 0 bridgehead atoms. The standard InChI is InChI=1S/C18H17N7O2S/c1-11-9-12(2)20-16(19-11)24-28(26,27)18-22-17-21-15(10-13(3)25(17)23-18)14-7-5-4-6-8-14/h4-10H,1-3H3,(H,19,20,24). The van der Waals surface area contributed by atoms with Gasteiger partial charge in [0, 0.05) is 22.6 Å². The zero-order valence-corrected chi connectivity index (χ0v) is 16.3. The smallest absolute Gasteiger partial charge is 0.244 e. The van der Waals surface area contributed by atoms with Crippen molar-refractivity contribution in [2.45, 2.75) is 25.9 Å². The largest absolute Gasteiger partial charge is 0.301 e. The highest BCUT2D eigenvalue weighted by Gasteiger charge is 2.23. The van der Waals surface area contributed by atoms with Crippen molar-refractivity contribution in [2.24, 2.45) is 0 Å². The number of rotatable bonds is 4. The number of benzene rings is 1. The number of hydrogen-bond donors (Lipinski definition) is 1. The zero-order chi connectivity index (χ0) is 19.9. The highest BCUT2D eigenvalue weighted by molar-refractivity contribution is 7.92. The van der Waals surface area contributed by atoms with Crippen LogP contribution in [0.15, 0.2) is 47.6 Å². The molecule has 0 aliphatic carbocycles. The quantitative estimate of drug-likeness (QED) is 0.564. The van der Waals surface area contributed by atoms with Crippen LogP contribution in [0, 0.1) is 20.8 Å². The van der Waals surface area contributed by atoms with Crippen LogP contribution in [0.5, 0.6) is 0 Å². The maximum atomic E-state index is 12.7. The summed E-state index contributed by atoms with van der Waals surface area (Å²) in [5, 5.41) is 3.70. The Morgan fingerprint density at radius 3 is 2.25 bits per heavy atom. The lowest BCUT2D eigenvalue weighted by Crippen LogP contribution is -2.17. The Morgan fingerprint density at radius 1 is 0.893 bits per heavy atom. The van der Waals surface area contributed by atoms with Crippen molar-refractivity contribution in [3.8, 4) is 11.3 Å². The van der Waals surface area contributed by atoms with Crippen LogP contribution < -0.4 is 4.72 Å². The first-order chi connectivity index (χ1) is 13.3. The Kier molecular flexibility index (Phi) is 4.27. The van der Waals surface area contributed by atoms with E-state index in [1.54, 1.807) is 19.9 Å². The van der Waals surface area contributed by atoms with Crippen molar-refractivity contribution >= 4 is 21.7 Å². The Bertz CT molecular complexity index is 1260. The fourth-order valence-electron chi connectivity index (χ4n) is 2.80. The Hall–Kier alpha value is -3.40. The van der Waals surface area contributed by atoms with E-state index >= 15 is 0 Å². The molecule has 10 heteroatoms. The number of aromatic nitrogens is 6. The van der Waals surface area contributed by atoms with E-state index in [-0.39, 0.29) is 11.7 Å². The van der Waals surface area contributed by atoms with Crippen LogP contribution in [0.25, 0.3) is 17.0 Å². The molecule has 142 valence electrons. The van der Waals surface area contributed by atoms with E-state index in [0.717, 1.165) is 5.56 Å². The van der Waals surface area contributed by atoms with Gasteiger partial charge < -0.3 is 0 Å². The van der Waals surface area contributed by atoms with Crippen LogP contribution in [0.1, 0.15) is 17.1 Å². The van der Waals surface area contributed by atoms with Crippen molar-refractivity contribution in [1.29, 1.82) is 0 Å². The summed E-state index contributed by atoms with van der Waals surface area (Å²) in [6, 6.07) is 13.1. The SMILES string of the molecule is Cc1cc(C)nc(NS(=O)(=O)c2nc3nc(-c4ccccc4)cc(C)n3n2)n1. The van der Waals surface area contributed by atoms with Gasteiger partial charge in [-0.05, 0) is 32.9 Å². The van der Waals surface area contributed by atoms with Crippen molar-refractivity contribution in [3.63, 3.8) is 0 Å². The average Bonchev–Trinajstić information content (AvgIpc) is 3.07. The first-order valence-electron chi connectivity index (χ1n) is 8.47. The van der Waals surface area contributed by atoms with Gasteiger partial charge in [-0.1, -0.05) is 30.3 Å². The average molecular weight is 395 g/mol. The maximum Gasteiger partial charge on any atom is 0.301 e. The Labute approximate surface area is 161 Å². The minimum atomic E-state index is -4.06. The molecular weight excluding hydrogens is 378 g/mol. The molecule has 1 aromatic carbocycles. The van der Waals surface area contributed by atoms with Crippen LogP contribution >= 0.6 is 0 Å². The summed E-state index contributed by atoms with van der Waals surface area (Å²) in [6.07, 6.45) is 0. The topological polar surface area (TPSA) is 115 Å². The van der Waals surface area contributed by atoms with Crippen molar-refractivity contribution in [2.75, 3.05) is 4.72 Å². The zero-order valence-electron chi connectivity index (χ0n) is 15.4. The van der Waals surface area contributed by atoms with Crippen LogP contribution in [0.3, 0.4) is 0 Å². The van der Waals surface area contributed by atoms with E-state index in [2.05, 4.69) is 29.8 Å². The molecule has 0 fully saturated rings. The number of fused-ring (bicyclic) bond motifs is 1. The number of anilines is 1. The lowest BCUT2D eigenvalue weighted by molar-refractivity contribution is 0.591. The van der Waals surface area contributed by atoms with E-state index in [9.17, 15) is 8.42 Å². The number of hydrogen-bond acceptors (Lipinski definition) is 7. The Balaban J connectivity index is 1.75. The molecule has 0 amide bonds. The monoisotopic (exact) mass is 395 g/mol. The molecule has 0 aliphatic heterocycles. The van der Waals surface area contributed by atoms with Gasteiger partial charge in [0.25, 0.3) is 10.9 Å². The molecule has 9 nitrogen and oxygen atoms in total. The second-order valence-corrected chi connectivity index (χ2v) is 7.91. The van der Waals surface area contributed by atoms with Gasteiger partial charge in [0.2, 0.25) is 5.95 Å². The molecule has 28 heavy (non-hydrogen) atoms. The highest BCUT2D eigenvalue weighted by Crippen LogP contribution is 2.19. The van der Waals surface area contributed by atoms with Gasteiger partial charge in [-0.2, -0.15) is 13.4 Å². The number of nitrogens with zero attached hydrogens (tertiary/aromatic N) is 6. The van der Waals surface area contributed by atoms with Crippen molar-refractivity contribution in [3.05, 3.63) is 59.5 Å². The molecule has 4 rings (SSSR count). The molecule has 3 aromatic heterocycles. The van der Waals surface area contributed by atoms with Gasteiger partial charge >= 0.3 is 10.0 Å². The summed E-state index contributed by atoms with van der Waals surface area (Å²) >= 11 is 0. The van der Waals surface area contributed by atoms with Gasteiger partial charge in [0.05, 0.1) is 5.69 Å². The van der Waals surface area contributed by atoms with Gasteiger partial charge in [0.1, 0.15) is 0 Å². The number of sulfonamides is 1. The fourth-order valence-corrected chi connectivity index (χ4v) is 3.62. The predicted octanol–water partition coefficient (Wildman–Crippen LogP) is 2.31. The number of nitrogens with one attached hydrogen (secondary N) is 1. The summed E-state index contributed by atoms with van der Waals surface area (Å²) in [7, 11) is -4.06. The van der Waals surface area contributed by atoms with Gasteiger partial charge in [-0.3, -0.25) is 0 Å². The molecule has 0 saturated heterocycles. The van der Waals surface area contributed by atoms with Gasteiger partial charge in [0.15, 0.2) is 0 Å². The molecule has 0 atom stereocenters. The molecule has 0 unspecified atom stereocenters. The molecular formula is C18H17N7O2S. The summed E-state index contributed by atoms with van der Waals surface area (Å²) < 4.78 is 29.1. The number of aryl methyl sites for hydroxylation is 3. The van der Waals surface area contributed by atoms with E-state index in [4.69, 9.17) is 0 Å². The van der Waals surface area contributed by atoms with Crippen LogP contribution in [-0.2, 0) is 10.0 Å². The first-order valence-corrected chi connectivity index (χ1v) is 9.95. The third-order valence-electron chi connectivity index (χ3n) is 3.99. The minimum absolute atomic E-state index is 0.0222. The highest BCUT2D eigenvalue weighted by atomic mass is 32.2. The second-order valence-electron chi connectivity index (χ2n) is 6.33. The van der Waals surface area contributed by atoms with E-state index in [1.807, 2.05) is 43.3 Å². The van der Waals surface area contributed by atoms with E-state index in [0.29, 0.717) is 22.8 Å².